The van der Waals surface area contributed by atoms with Crippen LogP contribution in [0.15, 0.2) is 29.1 Å². The smallest absolute Gasteiger partial charge is 0.261 e. The third-order valence-corrected chi connectivity index (χ3v) is 5.43. The summed E-state index contributed by atoms with van der Waals surface area (Å²) in [4.78, 5) is 30.0. The lowest BCUT2D eigenvalue weighted by atomic mass is 10.0. The predicted molar refractivity (Wildman–Crippen MR) is 106 cm³/mol. The van der Waals surface area contributed by atoms with Crippen molar-refractivity contribution in [3.05, 3.63) is 40.4 Å². The van der Waals surface area contributed by atoms with Gasteiger partial charge in [-0.3, -0.25) is 14.2 Å². The number of carbonyl (C=O) groups is 1. The second kappa shape index (κ2) is 9.13. The van der Waals surface area contributed by atoms with Crippen molar-refractivity contribution >= 4 is 16.8 Å². The SMILES string of the molecule is COCCn1c([C@H](C)NC(=O)CCC2CCCC2)nc2ccccc2c1=O. The Morgan fingerprint density at radius 2 is 2.07 bits per heavy atom. The lowest BCUT2D eigenvalue weighted by molar-refractivity contribution is -0.122. The first-order chi connectivity index (χ1) is 13.1. The van der Waals surface area contributed by atoms with Crippen molar-refractivity contribution in [3.8, 4) is 0 Å². The van der Waals surface area contributed by atoms with E-state index in [1.54, 1.807) is 17.7 Å². The Bertz CT molecular complexity index is 840. The van der Waals surface area contributed by atoms with Crippen molar-refractivity contribution in [3.63, 3.8) is 0 Å². The maximum atomic E-state index is 12.9. The van der Waals surface area contributed by atoms with Gasteiger partial charge in [-0.2, -0.15) is 0 Å². The highest BCUT2D eigenvalue weighted by Gasteiger charge is 2.20. The number of hydrogen-bond acceptors (Lipinski definition) is 4. The maximum absolute atomic E-state index is 12.9. The van der Waals surface area contributed by atoms with E-state index in [1.165, 1.54) is 25.7 Å². The normalized spacial score (nSPS) is 15.9. The van der Waals surface area contributed by atoms with Crippen LogP contribution in [0.2, 0.25) is 0 Å². The summed E-state index contributed by atoms with van der Waals surface area (Å²) in [7, 11) is 1.60. The molecule has 2 aromatic rings. The Hall–Kier alpha value is -2.21. The van der Waals surface area contributed by atoms with Crippen LogP contribution in [-0.2, 0) is 16.1 Å². The molecule has 1 atom stereocenters. The van der Waals surface area contributed by atoms with Gasteiger partial charge in [-0.05, 0) is 31.4 Å². The Morgan fingerprint density at radius 1 is 1.33 bits per heavy atom. The predicted octanol–water partition coefficient (Wildman–Crippen LogP) is 3.19. The van der Waals surface area contributed by atoms with Crippen LogP contribution in [0.25, 0.3) is 10.9 Å². The number of carbonyl (C=O) groups excluding carboxylic acids is 1. The van der Waals surface area contributed by atoms with Crippen molar-refractivity contribution in [1.82, 2.24) is 14.9 Å². The number of nitrogens with one attached hydrogen (secondary N) is 1. The number of aromatic nitrogens is 2. The Kier molecular flexibility index (Phi) is 6.61. The van der Waals surface area contributed by atoms with E-state index in [4.69, 9.17) is 4.74 Å². The molecule has 1 N–H and O–H groups in total. The second-order valence-electron chi connectivity index (χ2n) is 7.42. The molecule has 0 unspecified atom stereocenters. The van der Waals surface area contributed by atoms with Crippen LogP contribution in [0.5, 0.6) is 0 Å². The molecular formula is C21H29N3O3. The van der Waals surface area contributed by atoms with Crippen LogP contribution in [0.3, 0.4) is 0 Å². The second-order valence-corrected chi connectivity index (χ2v) is 7.42. The summed E-state index contributed by atoms with van der Waals surface area (Å²) < 4.78 is 6.77. The van der Waals surface area contributed by atoms with E-state index >= 15 is 0 Å². The molecule has 1 saturated carbocycles. The fourth-order valence-corrected chi connectivity index (χ4v) is 3.93. The van der Waals surface area contributed by atoms with E-state index in [0.29, 0.717) is 42.2 Å². The van der Waals surface area contributed by atoms with E-state index in [0.717, 1.165) is 6.42 Å². The van der Waals surface area contributed by atoms with Gasteiger partial charge in [-0.25, -0.2) is 4.98 Å². The summed E-state index contributed by atoms with van der Waals surface area (Å²) in [6, 6.07) is 6.97. The first-order valence-corrected chi connectivity index (χ1v) is 9.88. The van der Waals surface area contributed by atoms with Crippen molar-refractivity contribution < 1.29 is 9.53 Å². The van der Waals surface area contributed by atoms with Crippen LogP contribution < -0.4 is 10.9 Å². The average Bonchev–Trinajstić information content (AvgIpc) is 3.19. The Labute approximate surface area is 159 Å². The van der Waals surface area contributed by atoms with Gasteiger partial charge in [-0.1, -0.05) is 37.8 Å². The first-order valence-electron chi connectivity index (χ1n) is 9.88. The number of fused-ring (bicyclic) bond motifs is 1. The molecule has 146 valence electrons. The minimum Gasteiger partial charge on any atom is -0.383 e. The lowest BCUT2D eigenvalue weighted by Crippen LogP contribution is -2.34. The number of nitrogens with zero attached hydrogens (tertiary/aromatic N) is 2. The summed E-state index contributed by atoms with van der Waals surface area (Å²) in [5.41, 5.74) is 0.554. The highest BCUT2D eigenvalue weighted by Crippen LogP contribution is 2.28. The van der Waals surface area contributed by atoms with Gasteiger partial charge in [0, 0.05) is 13.5 Å². The molecule has 0 bridgehead atoms. The lowest BCUT2D eigenvalue weighted by Gasteiger charge is -2.20. The summed E-state index contributed by atoms with van der Waals surface area (Å²) >= 11 is 0. The topological polar surface area (TPSA) is 73.2 Å². The number of rotatable bonds is 8. The molecule has 1 aliphatic carbocycles. The molecule has 1 fully saturated rings. The van der Waals surface area contributed by atoms with Crippen LogP contribution in [0.1, 0.15) is 57.3 Å². The molecule has 0 spiro atoms. The van der Waals surface area contributed by atoms with Crippen molar-refractivity contribution in [2.24, 2.45) is 5.92 Å². The van der Waals surface area contributed by atoms with Gasteiger partial charge in [-0.15, -0.1) is 0 Å². The summed E-state index contributed by atoms with van der Waals surface area (Å²) in [6.07, 6.45) is 6.53. The molecule has 1 amide bonds. The largest absolute Gasteiger partial charge is 0.383 e. The van der Waals surface area contributed by atoms with E-state index in [-0.39, 0.29) is 17.5 Å². The summed E-state index contributed by atoms with van der Waals surface area (Å²) in [6.45, 7) is 2.70. The number of amides is 1. The molecule has 6 nitrogen and oxygen atoms in total. The molecule has 1 aromatic carbocycles. The molecule has 1 heterocycles. The molecule has 1 aromatic heterocycles. The van der Waals surface area contributed by atoms with Crippen LogP contribution in [0.4, 0.5) is 0 Å². The Balaban J connectivity index is 1.78. The minimum absolute atomic E-state index is 0.0232. The summed E-state index contributed by atoms with van der Waals surface area (Å²) in [5.74, 6) is 1.28. The van der Waals surface area contributed by atoms with Gasteiger partial charge < -0.3 is 10.1 Å². The van der Waals surface area contributed by atoms with Crippen molar-refractivity contribution in [1.29, 1.82) is 0 Å². The van der Waals surface area contributed by atoms with Gasteiger partial charge in [0.25, 0.3) is 5.56 Å². The third-order valence-electron chi connectivity index (χ3n) is 5.43. The molecule has 0 saturated heterocycles. The number of methoxy groups -OCH3 is 1. The van der Waals surface area contributed by atoms with Gasteiger partial charge >= 0.3 is 0 Å². The van der Waals surface area contributed by atoms with Crippen molar-refractivity contribution in [2.75, 3.05) is 13.7 Å². The van der Waals surface area contributed by atoms with E-state index in [9.17, 15) is 9.59 Å². The van der Waals surface area contributed by atoms with E-state index in [2.05, 4.69) is 10.3 Å². The molecule has 1 aliphatic rings. The Morgan fingerprint density at radius 3 is 2.81 bits per heavy atom. The quantitative estimate of drug-likeness (QED) is 0.773. The first kappa shape index (κ1) is 19.5. The summed E-state index contributed by atoms with van der Waals surface area (Å²) in [5, 5.41) is 3.61. The average molecular weight is 371 g/mol. The number of benzene rings is 1. The zero-order chi connectivity index (χ0) is 19.2. The zero-order valence-electron chi connectivity index (χ0n) is 16.2. The maximum Gasteiger partial charge on any atom is 0.261 e. The fourth-order valence-electron chi connectivity index (χ4n) is 3.93. The zero-order valence-corrected chi connectivity index (χ0v) is 16.2. The van der Waals surface area contributed by atoms with Gasteiger partial charge in [0.1, 0.15) is 5.82 Å². The molecule has 6 heteroatoms. The molecule has 3 rings (SSSR count). The monoisotopic (exact) mass is 371 g/mol. The molecule has 27 heavy (non-hydrogen) atoms. The number of hydrogen-bond donors (Lipinski definition) is 1. The highest BCUT2D eigenvalue weighted by molar-refractivity contribution is 5.78. The van der Waals surface area contributed by atoms with Crippen LogP contribution in [-0.4, -0.2) is 29.2 Å². The molecule has 0 aliphatic heterocycles. The van der Waals surface area contributed by atoms with Gasteiger partial charge in [0.2, 0.25) is 5.91 Å². The number of para-hydroxylation sites is 1. The minimum atomic E-state index is -0.338. The standard InChI is InChI=1S/C21H29N3O3/c1-15(22-19(25)12-11-16-7-3-4-8-16)20-23-18-10-6-5-9-17(18)21(26)24(20)13-14-27-2/h5-6,9-10,15-16H,3-4,7-8,11-14H2,1-2H3,(H,22,25)/t15-/m0/s1. The molecule has 0 radical (unpaired) electrons. The van der Waals surface area contributed by atoms with Gasteiger partial charge in [0.05, 0.1) is 30.1 Å². The van der Waals surface area contributed by atoms with Crippen LogP contribution in [0, 0.1) is 5.92 Å². The van der Waals surface area contributed by atoms with Crippen LogP contribution >= 0.6 is 0 Å². The van der Waals surface area contributed by atoms with E-state index in [1.807, 2.05) is 25.1 Å². The van der Waals surface area contributed by atoms with Crippen molar-refractivity contribution in [2.45, 2.75) is 58.0 Å². The fraction of sp³-hybridized carbons (Fsp3) is 0.571. The van der Waals surface area contributed by atoms with E-state index < -0.39 is 0 Å². The number of ether oxygens (including phenoxy) is 1. The third kappa shape index (κ3) is 4.75. The van der Waals surface area contributed by atoms with Gasteiger partial charge in [0.15, 0.2) is 0 Å². The molecular weight excluding hydrogens is 342 g/mol. The highest BCUT2D eigenvalue weighted by atomic mass is 16.5.